The Morgan fingerprint density at radius 2 is 2.17 bits per heavy atom. The van der Waals surface area contributed by atoms with Gasteiger partial charge in [0, 0.05) is 19.8 Å². The van der Waals surface area contributed by atoms with Crippen molar-refractivity contribution < 1.29 is 14.5 Å². The number of anilines is 1. The van der Waals surface area contributed by atoms with Crippen LogP contribution >= 0.6 is 0 Å². The number of rotatable bonds is 3. The average Bonchev–Trinajstić information content (AvgIpc) is 2.61. The fourth-order valence-corrected chi connectivity index (χ4v) is 3.68. The molecule has 0 unspecified atom stereocenters. The van der Waals surface area contributed by atoms with Crippen LogP contribution in [0.5, 0.6) is 0 Å². The third-order valence-corrected chi connectivity index (χ3v) is 4.87. The molecule has 0 aromatic carbocycles. The molecule has 1 aromatic heterocycles. The first-order valence-electron chi connectivity index (χ1n) is 8.31. The van der Waals surface area contributed by atoms with E-state index in [0.717, 1.165) is 25.7 Å². The summed E-state index contributed by atoms with van der Waals surface area (Å²) in [4.78, 5) is 29.4. The van der Waals surface area contributed by atoms with Crippen LogP contribution in [0.4, 0.5) is 11.5 Å². The molecule has 3 rings (SSSR count). The second-order valence-corrected chi connectivity index (χ2v) is 6.38. The maximum atomic E-state index is 12.9. The summed E-state index contributed by atoms with van der Waals surface area (Å²) in [6.45, 7) is 1.43. The summed E-state index contributed by atoms with van der Waals surface area (Å²) < 4.78 is 5.99. The fourth-order valence-electron chi connectivity index (χ4n) is 3.68. The summed E-state index contributed by atoms with van der Waals surface area (Å²) in [5.74, 6) is -0.222. The maximum Gasteiger partial charge on any atom is 0.324 e. The molecular formula is C16H22N4O4. The number of aromatic nitrogens is 1. The Morgan fingerprint density at radius 3 is 2.83 bits per heavy atom. The van der Waals surface area contributed by atoms with Gasteiger partial charge >= 0.3 is 5.69 Å². The van der Waals surface area contributed by atoms with Gasteiger partial charge in [-0.2, -0.15) is 0 Å². The Labute approximate surface area is 140 Å². The van der Waals surface area contributed by atoms with Gasteiger partial charge in [-0.1, -0.05) is 19.3 Å². The van der Waals surface area contributed by atoms with Crippen molar-refractivity contribution in [1.29, 1.82) is 0 Å². The molecule has 130 valence electrons. The van der Waals surface area contributed by atoms with E-state index in [-0.39, 0.29) is 28.6 Å². The summed E-state index contributed by atoms with van der Waals surface area (Å²) in [7, 11) is 1.55. The molecule has 1 N–H and O–H groups in total. The molecule has 1 amide bonds. The van der Waals surface area contributed by atoms with Crippen LogP contribution in [0, 0.1) is 10.1 Å². The van der Waals surface area contributed by atoms with E-state index in [2.05, 4.69) is 10.3 Å². The number of ether oxygens (including phenoxy) is 1. The van der Waals surface area contributed by atoms with Gasteiger partial charge in [0.2, 0.25) is 5.82 Å². The summed E-state index contributed by atoms with van der Waals surface area (Å²) in [5.41, 5.74) is -0.471. The molecule has 1 aromatic rings. The number of pyridine rings is 1. The molecule has 8 nitrogen and oxygen atoms in total. The van der Waals surface area contributed by atoms with E-state index in [1.165, 1.54) is 18.7 Å². The van der Waals surface area contributed by atoms with E-state index in [0.29, 0.717) is 19.7 Å². The van der Waals surface area contributed by atoms with Crippen molar-refractivity contribution in [3.8, 4) is 0 Å². The molecule has 0 atom stereocenters. The number of nitrogens with zero attached hydrogens (tertiary/aromatic N) is 3. The predicted octanol–water partition coefficient (Wildman–Crippen LogP) is 2.21. The van der Waals surface area contributed by atoms with Gasteiger partial charge in [-0.25, -0.2) is 4.98 Å². The molecule has 1 saturated carbocycles. The van der Waals surface area contributed by atoms with E-state index in [1.54, 1.807) is 11.9 Å². The van der Waals surface area contributed by atoms with Crippen LogP contribution in [-0.2, 0) is 4.74 Å². The smallest absolute Gasteiger partial charge is 0.324 e. The highest BCUT2D eigenvalue weighted by atomic mass is 16.6. The quantitative estimate of drug-likeness (QED) is 0.672. The zero-order valence-corrected chi connectivity index (χ0v) is 13.8. The number of nitrogens with one attached hydrogen (secondary N) is 1. The van der Waals surface area contributed by atoms with Crippen molar-refractivity contribution in [2.24, 2.45) is 0 Å². The Balaban J connectivity index is 1.87. The van der Waals surface area contributed by atoms with Crippen LogP contribution in [0.1, 0.15) is 42.5 Å². The van der Waals surface area contributed by atoms with Crippen LogP contribution in [0.2, 0.25) is 0 Å². The normalized spacial score (nSPS) is 20.0. The molecule has 2 heterocycles. The van der Waals surface area contributed by atoms with Gasteiger partial charge < -0.3 is 15.0 Å². The lowest BCUT2D eigenvalue weighted by atomic mass is 9.83. The van der Waals surface area contributed by atoms with Crippen molar-refractivity contribution >= 4 is 17.4 Å². The second-order valence-electron chi connectivity index (χ2n) is 6.38. The first-order chi connectivity index (χ1) is 11.6. The zero-order chi connectivity index (χ0) is 17.2. The van der Waals surface area contributed by atoms with Crippen LogP contribution in [0.3, 0.4) is 0 Å². The molecule has 1 aliphatic carbocycles. The lowest BCUT2D eigenvalue weighted by molar-refractivity contribution is -0.384. The van der Waals surface area contributed by atoms with Crippen LogP contribution in [0.25, 0.3) is 0 Å². The van der Waals surface area contributed by atoms with Crippen molar-refractivity contribution in [3.63, 3.8) is 0 Å². The number of hydrogen-bond acceptors (Lipinski definition) is 6. The Hall–Kier alpha value is -2.22. The van der Waals surface area contributed by atoms with Crippen molar-refractivity contribution in [2.75, 3.05) is 32.1 Å². The summed E-state index contributed by atoms with van der Waals surface area (Å²) >= 11 is 0. The van der Waals surface area contributed by atoms with Gasteiger partial charge in [0.05, 0.1) is 23.7 Å². The third-order valence-electron chi connectivity index (χ3n) is 4.87. The molecule has 1 aliphatic heterocycles. The van der Waals surface area contributed by atoms with Crippen molar-refractivity contribution in [3.05, 3.63) is 27.9 Å². The van der Waals surface area contributed by atoms with Crippen LogP contribution < -0.4 is 5.32 Å². The highest BCUT2D eigenvalue weighted by Gasteiger charge is 2.40. The van der Waals surface area contributed by atoms with Gasteiger partial charge in [0.15, 0.2) is 0 Å². The Morgan fingerprint density at radius 1 is 1.42 bits per heavy atom. The molecular weight excluding hydrogens is 312 g/mol. The second kappa shape index (κ2) is 6.72. The van der Waals surface area contributed by atoms with E-state index >= 15 is 0 Å². The van der Waals surface area contributed by atoms with E-state index < -0.39 is 4.92 Å². The Kier molecular flexibility index (Phi) is 4.66. The maximum absolute atomic E-state index is 12.9. The molecule has 8 heteroatoms. The summed E-state index contributed by atoms with van der Waals surface area (Å²) in [5, 5.41) is 14.1. The molecule has 0 bridgehead atoms. The van der Waals surface area contributed by atoms with Gasteiger partial charge in [0.25, 0.3) is 5.91 Å². The average molecular weight is 334 g/mol. The van der Waals surface area contributed by atoms with Gasteiger partial charge in [-0.3, -0.25) is 14.9 Å². The van der Waals surface area contributed by atoms with Crippen LogP contribution in [-0.4, -0.2) is 53.1 Å². The van der Waals surface area contributed by atoms with Crippen LogP contribution in [0.15, 0.2) is 12.3 Å². The molecule has 0 radical (unpaired) electrons. The number of carbonyl (C=O) groups is 1. The lowest BCUT2D eigenvalue weighted by Crippen LogP contribution is -2.54. The minimum atomic E-state index is -0.553. The highest BCUT2D eigenvalue weighted by Crippen LogP contribution is 2.35. The highest BCUT2D eigenvalue weighted by molar-refractivity contribution is 6.00. The molecule has 24 heavy (non-hydrogen) atoms. The van der Waals surface area contributed by atoms with Gasteiger partial charge in [-0.05, 0) is 18.9 Å². The fraction of sp³-hybridized carbons (Fsp3) is 0.625. The monoisotopic (exact) mass is 334 g/mol. The van der Waals surface area contributed by atoms with Crippen molar-refractivity contribution in [1.82, 2.24) is 9.88 Å². The molecule has 2 aliphatic rings. The zero-order valence-electron chi connectivity index (χ0n) is 13.8. The first-order valence-corrected chi connectivity index (χ1v) is 8.31. The number of carbonyl (C=O) groups excluding carboxylic acids is 1. The standard InChI is InChI=1S/C16H22N4O4/c1-17-14-13(20(22)23)12(5-8-18-14)15(21)19-9-10-24-16(11-19)6-3-2-4-7-16/h5,8H,2-4,6-7,9-11H2,1H3,(H,17,18). The van der Waals surface area contributed by atoms with Crippen molar-refractivity contribution in [2.45, 2.75) is 37.7 Å². The molecule has 1 spiro atoms. The lowest BCUT2D eigenvalue weighted by Gasteiger charge is -2.45. The number of amides is 1. The third kappa shape index (κ3) is 3.06. The van der Waals surface area contributed by atoms with E-state index in [9.17, 15) is 14.9 Å². The minimum absolute atomic E-state index is 0.0761. The minimum Gasteiger partial charge on any atom is -0.371 e. The van der Waals surface area contributed by atoms with E-state index in [4.69, 9.17) is 4.74 Å². The number of hydrogen-bond donors (Lipinski definition) is 1. The summed E-state index contributed by atoms with van der Waals surface area (Å²) in [6.07, 6.45) is 6.69. The number of nitro groups is 1. The molecule has 1 saturated heterocycles. The molecule has 2 fully saturated rings. The van der Waals surface area contributed by atoms with Gasteiger partial charge in [-0.15, -0.1) is 0 Å². The first kappa shape index (κ1) is 16.6. The van der Waals surface area contributed by atoms with Gasteiger partial charge in [0.1, 0.15) is 5.56 Å². The largest absolute Gasteiger partial charge is 0.371 e. The van der Waals surface area contributed by atoms with E-state index in [1.807, 2.05) is 0 Å². The number of morpholine rings is 1. The Bertz CT molecular complexity index is 637. The topological polar surface area (TPSA) is 97.6 Å². The summed E-state index contributed by atoms with van der Waals surface area (Å²) in [6, 6.07) is 1.42. The SMILES string of the molecule is CNc1nccc(C(=O)N2CCOC3(CCCCC3)C2)c1[N+](=O)[O-]. The predicted molar refractivity (Wildman–Crippen MR) is 88.1 cm³/mol.